The highest BCUT2D eigenvalue weighted by Crippen LogP contribution is 2.34. The van der Waals surface area contributed by atoms with E-state index in [2.05, 4.69) is 54.3 Å². The standard InChI is InChI=1S/C42H49ClN10O3/c1-29-28-50(34-7-5-31(26-44)36(43)25-34)23-24-51(29)41(55)46-32-6-8-39(45-27-32)49-19-10-30(11-20-49)9-16-48-17-12-33(13-18-48)52-21-14-35-37(52)3-2-4-38(35)53-22-15-40(54)47-42(53)56/h2-8,14,21,25,27,29-30,33H,9-13,15-20,22-24,28H2,1H3,(H,46,55)(H,47,54,56). The van der Waals surface area contributed by atoms with Crippen LogP contribution in [0.1, 0.15) is 57.1 Å². The largest absolute Gasteiger partial charge is 0.368 e. The second-order valence-corrected chi connectivity index (χ2v) is 16.0. The number of pyridine rings is 1. The monoisotopic (exact) mass is 776 g/mol. The summed E-state index contributed by atoms with van der Waals surface area (Å²) >= 11 is 6.26. The first kappa shape index (κ1) is 37.6. The number of piperazine rings is 1. The van der Waals surface area contributed by atoms with Gasteiger partial charge in [0.15, 0.2) is 0 Å². The molecule has 0 bridgehead atoms. The molecule has 5 amide bonds. The number of hydrogen-bond acceptors (Lipinski definition) is 8. The van der Waals surface area contributed by atoms with Crippen LogP contribution in [0.5, 0.6) is 0 Å². The van der Waals surface area contributed by atoms with Gasteiger partial charge >= 0.3 is 12.1 Å². The summed E-state index contributed by atoms with van der Waals surface area (Å²) in [6.07, 6.45) is 9.93. The number of nitriles is 1. The number of piperidine rings is 2. The topological polar surface area (TPSA) is 133 Å². The Balaban J connectivity index is 0.759. The Kier molecular flexibility index (Phi) is 11.0. The number of nitrogens with zero attached hydrogens (tertiary/aromatic N) is 8. The summed E-state index contributed by atoms with van der Waals surface area (Å²) in [6, 6.07) is 19.7. The van der Waals surface area contributed by atoms with Crippen LogP contribution in [-0.4, -0.2) is 102 Å². The number of fused-ring (bicyclic) bond motifs is 1. The van der Waals surface area contributed by atoms with Crippen LogP contribution in [0, 0.1) is 17.2 Å². The first-order valence-electron chi connectivity index (χ1n) is 19.9. The number of carbonyl (C=O) groups excluding carboxylic acids is 3. The van der Waals surface area contributed by atoms with Gasteiger partial charge in [-0.2, -0.15) is 5.26 Å². The molecule has 8 rings (SSSR count). The molecule has 4 saturated heterocycles. The number of benzene rings is 2. The SMILES string of the molecule is CC1CN(c2ccc(C#N)c(Cl)c2)CCN1C(=O)Nc1ccc(N2CCC(CCN3CCC(n4ccc5c(N6CCC(=O)NC6=O)cccc54)CC3)CC2)nc1. The summed E-state index contributed by atoms with van der Waals surface area (Å²) < 4.78 is 2.38. The summed E-state index contributed by atoms with van der Waals surface area (Å²) in [4.78, 5) is 52.9. The fourth-order valence-electron chi connectivity index (χ4n) is 8.88. The van der Waals surface area contributed by atoms with Crippen LogP contribution in [0.3, 0.4) is 0 Å². The number of anilines is 4. The zero-order valence-corrected chi connectivity index (χ0v) is 32.6. The highest BCUT2D eigenvalue weighted by atomic mass is 35.5. The van der Waals surface area contributed by atoms with Crippen molar-refractivity contribution in [3.8, 4) is 6.07 Å². The van der Waals surface area contributed by atoms with E-state index in [1.165, 1.54) is 6.42 Å². The van der Waals surface area contributed by atoms with E-state index in [4.69, 9.17) is 16.6 Å². The van der Waals surface area contributed by atoms with E-state index < -0.39 is 0 Å². The molecule has 14 heteroatoms. The van der Waals surface area contributed by atoms with Crippen LogP contribution in [0.4, 0.5) is 32.5 Å². The number of carbonyl (C=O) groups is 3. The summed E-state index contributed by atoms with van der Waals surface area (Å²) in [5.74, 6) is 1.43. The van der Waals surface area contributed by atoms with E-state index in [1.54, 1.807) is 17.2 Å². The molecule has 2 aromatic heterocycles. The zero-order chi connectivity index (χ0) is 38.8. The molecule has 0 aliphatic carbocycles. The van der Waals surface area contributed by atoms with Gasteiger partial charge in [-0.1, -0.05) is 17.7 Å². The molecule has 2 aromatic carbocycles. The fraction of sp³-hybridized carbons (Fsp3) is 0.452. The lowest BCUT2D eigenvalue weighted by atomic mass is 9.93. The Bertz CT molecular complexity index is 2120. The second-order valence-electron chi connectivity index (χ2n) is 15.6. The second kappa shape index (κ2) is 16.4. The average molecular weight is 777 g/mol. The van der Waals surface area contributed by atoms with Crippen molar-refractivity contribution in [3.63, 3.8) is 0 Å². The Morgan fingerprint density at radius 1 is 0.964 bits per heavy atom. The summed E-state index contributed by atoms with van der Waals surface area (Å²) in [6.45, 7) is 9.61. The van der Waals surface area contributed by atoms with Gasteiger partial charge in [0.05, 0.1) is 33.7 Å². The van der Waals surface area contributed by atoms with E-state index in [-0.39, 0.29) is 24.0 Å². The molecule has 13 nitrogen and oxygen atoms in total. The molecular formula is C42H49ClN10O3. The molecule has 292 valence electrons. The van der Waals surface area contributed by atoms with Gasteiger partial charge in [0, 0.05) is 88.1 Å². The minimum absolute atomic E-state index is 0.00789. The van der Waals surface area contributed by atoms with Crippen LogP contribution in [0.15, 0.2) is 67.0 Å². The van der Waals surface area contributed by atoms with Crippen molar-refractivity contribution in [1.29, 1.82) is 5.26 Å². The van der Waals surface area contributed by atoms with Gasteiger partial charge < -0.3 is 29.5 Å². The zero-order valence-electron chi connectivity index (χ0n) is 31.9. The molecule has 4 aliphatic heterocycles. The molecular weight excluding hydrogens is 728 g/mol. The molecule has 56 heavy (non-hydrogen) atoms. The number of rotatable bonds is 8. The number of likely N-dealkylation sites (tertiary alicyclic amines) is 1. The van der Waals surface area contributed by atoms with Gasteiger partial charge in [0.25, 0.3) is 0 Å². The van der Waals surface area contributed by atoms with E-state index in [1.807, 2.05) is 48.2 Å². The highest BCUT2D eigenvalue weighted by Gasteiger charge is 2.30. The number of halogens is 1. The van der Waals surface area contributed by atoms with E-state index in [9.17, 15) is 19.6 Å². The minimum Gasteiger partial charge on any atom is -0.368 e. The van der Waals surface area contributed by atoms with Crippen molar-refractivity contribution in [2.75, 3.05) is 78.9 Å². The molecule has 6 heterocycles. The number of imide groups is 1. The van der Waals surface area contributed by atoms with Crippen molar-refractivity contribution in [3.05, 3.63) is 77.6 Å². The van der Waals surface area contributed by atoms with Crippen molar-refractivity contribution in [2.24, 2.45) is 5.92 Å². The quantitative estimate of drug-likeness (QED) is 0.202. The third-order valence-corrected chi connectivity index (χ3v) is 12.5. The lowest BCUT2D eigenvalue weighted by Crippen LogP contribution is -2.55. The average Bonchev–Trinajstić information content (AvgIpc) is 3.65. The third kappa shape index (κ3) is 7.99. The lowest BCUT2D eigenvalue weighted by molar-refractivity contribution is -0.120. The van der Waals surface area contributed by atoms with Crippen LogP contribution >= 0.6 is 11.6 Å². The molecule has 4 fully saturated rings. The van der Waals surface area contributed by atoms with Gasteiger partial charge in [-0.3, -0.25) is 15.0 Å². The Labute approximate surface area is 332 Å². The molecule has 4 aromatic rings. The number of aromatic nitrogens is 2. The number of hydrogen-bond donors (Lipinski definition) is 2. The number of amides is 5. The smallest absolute Gasteiger partial charge is 0.328 e. The van der Waals surface area contributed by atoms with Gasteiger partial charge in [-0.25, -0.2) is 14.6 Å². The van der Waals surface area contributed by atoms with Crippen molar-refractivity contribution in [1.82, 2.24) is 24.7 Å². The molecule has 0 saturated carbocycles. The Morgan fingerprint density at radius 2 is 1.79 bits per heavy atom. The van der Waals surface area contributed by atoms with Crippen molar-refractivity contribution >= 4 is 63.4 Å². The summed E-state index contributed by atoms with van der Waals surface area (Å²) in [7, 11) is 0. The highest BCUT2D eigenvalue weighted by molar-refractivity contribution is 6.32. The normalized spacial score (nSPS) is 20.3. The molecule has 4 aliphatic rings. The Hall–Kier alpha value is -5.32. The predicted octanol–water partition coefficient (Wildman–Crippen LogP) is 6.69. The predicted molar refractivity (Wildman–Crippen MR) is 220 cm³/mol. The Morgan fingerprint density at radius 3 is 2.50 bits per heavy atom. The van der Waals surface area contributed by atoms with Crippen LogP contribution < -0.4 is 25.3 Å². The molecule has 2 N–H and O–H groups in total. The maximum atomic E-state index is 13.2. The molecule has 0 spiro atoms. The van der Waals surface area contributed by atoms with E-state index in [0.29, 0.717) is 60.8 Å². The number of nitrogens with one attached hydrogen (secondary N) is 2. The molecule has 1 unspecified atom stereocenters. The molecule has 0 radical (unpaired) electrons. The van der Waals surface area contributed by atoms with E-state index >= 15 is 0 Å². The fourth-order valence-corrected chi connectivity index (χ4v) is 9.10. The van der Waals surface area contributed by atoms with Crippen LogP contribution in [-0.2, 0) is 4.79 Å². The number of urea groups is 2. The van der Waals surface area contributed by atoms with Gasteiger partial charge in [0.2, 0.25) is 5.91 Å². The van der Waals surface area contributed by atoms with Gasteiger partial charge in [-0.15, -0.1) is 0 Å². The maximum Gasteiger partial charge on any atom is 0.328 e. The first-order chi connectivity index (χ1) is 27.2. The summed E-state index contributed by atoms with van der Waals surface area (Å²) in [5, 5.41) is 16.2. The maximum absolute atomic E-state index is 13.2. The van der Waals surface area contributed by atoms with Crippen molar-refractivity contribution < 1.29 is 14.4 Å². The first-order valence-corrected chi connectivity index (χ1v) is 20.3. The van der Waals surface area contributed by atoms with E-state index in [0.717, 1.165) is 86.5 Å². The van der Waals surface area contributed by atoms with Crippen LogP contribution in [0.2, 0.25) is 5.02 Å². The third-order valence-electron chi connectivity index (χ3n) is 12.2. The van der Waals surface area contributed by atoms with Gasteiger partial charge in [0.1, 0.15) is 11.9 Å². The minimum atomic E-state index is -0.347. The molecule has 1 atom stereocenters. The lowest BCUT2D eigenvalue weighted by Gasteiger charge is -2.41. The van der Waals surface area contributed by atoms with Crippen molar-refractivity contribution in [2.45, 2.75) is 57.5 Å². The van der Waals surface area contributed by atoms with Crippen LogP contribution in [0.25, 0.3) is 10.9 Å². The summed E-state index contributed by atoms with van der Waals surface area (Å²) in [5.41, 5.74) is 4.09. The van der Waals surface area contributed by atoms with Gasteiger partial charge in [-0.05, 0) is 100 Å².